The van der Waals surface area contributed by atoms with Crippen LogP contribution in [0.5, 0.6) is 23.0 Å². The van der Waals surface area contributed by atoms with Gasteiger partial charge in [-0.3, -0.25) is 0 Å². The predicted octanol–water partition coefficient (Wildman–Crippen LogP) is 8.01. The van der Waals surface area contributed by atoms with Crippen LogP contribution in [0.2, 0.25) is 0 Å². The summed E-state index contributed by atoms with van der Waals surface area (Å²) < 4.78 is 4.43. The first-order chi connectivity index (χ1) is 18.4. The third kappa shape index (κ3) is 5.38. The molecule has 2 aromatic heterocycles. The Kier molecular flexibility index (Phi) is 8.91. The molecule has 200 valence electrons. The SMILES string of the molecule is CCCCn1c2ccccc2c2cc(O)c(O)cc21.CCCCn1c2ccccc2c2cc(O)c(O)cc21.[Zr]. The topological polar surface area (TPSA) is 90.8 Å². The number of aromatic nitrogens is 2. The summed E-state index contributed by atoms with van der Waals surface area (Å²) in [5.41, 5.74) is 4.25. The Balaban J connectivity index is 0.000000176. The zero-order valence-corrected chi connectivity index (χ0v) is 24.8. The van der Waals surface area contributed by atoms with Crippen molar-refractivity contribution < 1.29 is 46.6 Å². The average molecular weight is 602 g/mol. The fourth-order valence-electron chi connectivity index (χ4n) is 5.26. The van der Waals surface area contributed by atoms with Gasteiger partial charge in [-0.15, -0.1) is 0 Å². The van der Waals surface area contributed by atoms with Gasteiger partial charge in [0.15, 0.2) is 23.0 Å². The molecule has 0 unspecified atom stereocenters. The van der Waals surface area contributed by atoms with Gasteiger partial charge in [0.05, 0.1) is 11.0 Å². The smallest absolute Gasteiger partial charge is 0.159 e. The van der Waals surface area contributed by atoms with Gasteiger partial charge < -0.3 is 29.6 Å². The van der Waals surface area contributed by atoms with Crippen molar-refractivity contribution in [3.63, 3.8) is 0 Å². The molecule has 0 spiro atoms. The molecule has 4 aromatic carbocycles. The normalized spacial score (nSPS) is 11.1. The van der Waals surface area contributed by atoms with Gasteiger partial charge in [-0.2, -0.15) is 0 Å². The van der Waals surface area contributed by atoms with Crippen molar-refractivity contribution in [2.45, 2.75) is 52.6 Å². The van der Waals surface area contributed by atoms with Crippen LogP contribution in [0.3, 0.4) is 0 Å². The summed E-state index contributed by atoms with van der Waals surface area (Å²) in [6.07, 6.45) is 4.43. The van der Waals surface area contributed by atoms with E-state index in [-0.39, 0.29) is 49.2 Å². The number of phenols is 4. The molecule has 7 heteroatoms. The molecule has 0 saturated heterocycles. The van der Waals surface area contributed by atoms with Gasteiger partial charge in [0, 0.05) is 84.0 Å². The number of aromatic hydroxyl groups is 4. The number of phenolic OH excluding ortho intramolecular Hbond substituents is 4. The van der Waals surface area contributed by atoms with Crippen molar-refractivity contribution in [2.75, 3.05) is 0 Å². The van der Waals surface area contributed by atoms with Gasteiger partial charge in [0.2, 0.25) is 0 Å². The second-order valence-electron chi connectivity index (χ2n) is 9.76. The third-order valence-electron chi connectivity index (χ3n) is 7.21. The summed E-state index contributed by atoms with van der Waals surface area (Å²) in [6, 6.07) is 22.9. The third-order valence-corrected chi connectivity index (χ3v) is 7.21. The molecule has 39 heavy (non-hydrogen) atoms. The quantitative estimate of drug-likeness (QED) is 0.146. The number of para-hydroxylation sites is 2. The van der Waals surface area contributed by atoms with Crippen LogP contribution in [-0.2, 0) is 39.3 Å². The Labute approximate surface area is 246 Å². The van der Waals surface area contributed by atoms with Crippen molar-refractivity contribution >= 4 is 43.6 Å². The number of benzene rings is 4. The van der Waals surface area contributed by atoms with E-state index < -0.39 is 0 Å². The summed E-state index contributed by atoms with van der Waals surface area (Å²) in [5.74, 6) is -0.252. The van der Waals surface area contributed by atoms with Crippen LogP contribution < -0.4 is 0 Å². The zero-order valence-electron chi connectivity index (χ0n) is 22.4. The Morgan fingerprint density at radius 1 is 0.487 bits per heavy atom. The molecule has 0 radical (unpaired) electrons. The largest absolute Gasteiger partial charge is 0.504 e. The number of unbranched alkanes of at least 4 members (excludes halogenated alkanes) is 2. The van der Waals surface area contributed by atoms with Crippen LogP contribution in [0, 0.1) is 0 Å². The van der Waals surface area contributed by atoms with Crippen molar-refractivity contribution in [2.24, 2.45) is 0 Å². The average Bonchev–Trinajstić information content (AvgIpc) is 3.39. The molecule has 0 atom stereocenters. The minimum absolute atomic E-state index is 0. The molecule has 0 aliphatic heterocycles. The second-order valence-corrected chi connectivity index (χ2v) is 9.76. The van der Waals surface area contributed by atoms with E-state index in [1.807, 2.05) is 24.3 Å². The number of hydrogen-bond acceptors (Lipinski definition) is 4. The van der Waals surface area contributed by atoms with Gasteiger partial charge in [0.1, 0.15) is 0 Å². The van der Waals surface area contributed by atoms with Gasteiger partial charge in [-0.25, -0.2) is 0 Å². The van der Waals surface area contributed by atoms with E-state index >= 15 is 0 Å². The molecule has 0 bridgehead atoms. The second kappa shape index (κ2) is 12.2. The van der Waals surface area contributed by atoms with Crippen molar-refractivity contribution in [3.8, 4) is 23.0 Å². The first-order valence-electron chi connectivity index (χ1n) is 13.3. The number of fused-ring (bicyclic) bond motifs is 6. The maximum Gasteiger partial charge on any atom is 0.159 e. The van der Waals surface area contributed by atoms with Crippen molar-refractivity contribution in [3.05, 3.63) is 72.8 Å². The molecule has 2 heterocycles. The summed E-state index contributed by atoms with van der Waals surface area (Å²) in [5, 5.41) is 43.1. The summed E-state index contributed by atoms with van der Waals surface area (Å²) in [7, 11) is 0. The van der Waals surface area contributed by atoms with Crippen LogP contribution in [0.15, 0.2) is 72.8 Å². The van der Waals surface area contributed by atoms with Gasteiger partial charge in [-0.1, -0.05) is 63.1 Å². The maximum absolute atomic E-state index is 9.73. The number of nitrogens with zero attached hydrogens (tertiary/aromatic N) is 2. The Hall–Kier alpha value is -3.44. The Bertz CT molecular complexity index is 1620. The summed E-state index contributed by atoms with van der Waals surface area (Å²) in [6.45, 7) is 6.17. The van der Waals surface area contributed by atoms with Gasteiger partial charge in [-0.05, 0) is 37.1 Å². The van der Waals surface area contributed by atoms with E-state index in [4.69, 9.17) is 0 Å². The summed E-state index contributed by atoms with van der Waals surface area (Å²) in [4.78, 5) is 0. The first-order valence-corrected chi connectivity index (χ1v) is 13.3. The standard InChI is InChI=1S/2C16H17NO2.Zr/c2*1-2-3-8-17-13-7-5-4-6-11(13)12-9-15(18)16(19)10-14(12)17;/h2*4-7,9-10,18-19H,2-3,8H2,1H3;. The molecule has 0 fully saturated rings. The van der Waals surface area contributed by atoms with Crippen molar-refractivity contribution in [1.29, 1.82) is 0 Å². The maximum atomic E-state index is 9.73. The molecule has 0 saturated carbocycles. The molecule has 6 aromatic rings. The van der Waals surface area contributed by atoms with Crippen LogP contribution in [0.1, 0.15) is 39.5 Å². The minimum Gasteiger partial charge on any atom is -0.504 e. The Morgan fingerprint density at radius 2 is 0.846 bits per heavy atom. The molecular formula is C32H34N2O4Zr. The van der Waals surface area contributed by atoms with E-state index in [0.29, 0.717) is 0 Å². The predicted molar refractivity (Wildman–Crippen MR) is 155 cm³/mol. The monoisotopic (exact) mass is 600 g/mol. The van der Waals surface area contributed by atoms with E-state index in [1.54, 1.807) is 24.3 Å². The van der Waals surface area contributed by atoms with E-state index in [9.17, 15) is 20.4 Å². The molecule has 6 nitrogen and oxygen atoms in total. The van der Waals surface area contributed by atoms with Crippen LogP contribution in [0.25, 0.3) is 43.6 Å². The number of aryl methyl sites for hydroxylation is 2. The van der Waals surface area contributed by atoms with Gasteiger partial charge in [0.25, 0.3) is 0 Å². The van der Waals surface area contributed by atoms with Crippen LogP contribution in [0.4, 0.5) is 0 Å². The van der Waals surface area contributed by atoms with Crippen molar-refractivity contribution in [1.82, 2.24) is 9.13 Å². The van der Waals surface area contributed by atoms with Gasteiger partial charge >= 0.3 is 0 Å². The van der Waals surface area contributed by atoms with E-state index in [2.05, 4.69) is 47.2 Å². The van der Waals surface area contributed by atoms with Crippen LogP contribution in [-0.4, -0.2) is 29.6 Å². The Morgan fingerprint density at radius 3 is 1.23 bits per heavy atom. The number of rotatable bonds is 6. The molecular weight excluding hydrogens is 568 g/mol. The summed E-state index contributed by atoms with van der Waals surface area (Å²) >= 11 is 0. The minimum atomic E-state index is -0.0640. The zero-order chi connectivity index (χ0) is 26.8. The van der Waals surface area contributed by atoms with Crippen LogP contribution >= 0.6 is 0 Å². The molecule has 4 N–H and O–H groups in total. The van der Waals surface area contributed by atoms with E-state index in [1.165, 1.54) is 0 Å². The molecule has 6 rings (SSSR count). The molecule has 0 aliphatic carbocycles. The molecule has 0 amide bonds. The fraction of sp³-hybridized carbons (Fsp3) is 0.250. The van der Waals surface area contributed by atoms with E-state index in [0.717, 1.165) is 82.4 Å². The fourth-order valence-corrected chi connectivity index (χ4v) is 5.26. The first kappa shape index (κ1) is 28.6. The number of hydrogen-bond donors (Lipinski definition) is 4. The molecule has 0 aliphatic rings.